The third kappa shape index (κ3) is 2.66. The molecule has 1 aliphatic carbocycles. The lowest BCUT2D eigenvalue weighted by Gasteiger charge is -2.24. The number of nitrogens with one attached hydrogen (secondary N) is 1. The second-order valence-electron chi connectivity index (χ2n) is 5.41. The van der Waals surface area contributed by atoms with Crippen molar-refractivity contribution in [1.29, 1.82) is 0 Å². The molecule has 1 aromatic carbocycles. The molecular formula is C15H18FNO3. The lowest BCUT2D eigenvalue weighted by atomic mass is 9.86. The number of amides is 1. The van der Waals surface area contributed by atoms with Crippen LogP contribution in [0.4, 0.5) is 4.39 Å². The minimum absolute atomic E-state index is 0.0384. The zero-order valence-electron chi connectivity index (χ0n) is 11.4. The Morgan fingerprint density at radius 2 is 2.00 bits per heavy atom. The Morgan fingerprint density at radius 1 is 1.35 bits per heavy atom. The summed E-state index contributed by atoms with van der Waals surface area (Å²) >= 11 is 0. The highest BCUT2D eigenvalue weighted by molar-refractivity contribution is 5.95. The highest BCUT2D eigenvalue weighted by atomic mass is 19.1. The highest BCUT2D eigenvalue weighted by Crippen LogP contribution is 2.37. The van der Waals surface area contributed by atoms with Crippen molar-refractivity contribution < 1.29 is 19.1 Å². The van der Waals surface area contributed by atoms with Gasteiger partial charge in [0.05, 0.1) is 11.0 Å². The van der Waals surface area contributed by atoms with E-state index in [-0.39, 0.29) is 12.1 Å². The average molecular weight is 279 g/mol. The van der Waals surface area contributed by atoms with Crippen LogP contribution in [-0.2, 0) is 4.79 Å². The third-order valence-corrected chi connectivity index (χ3v) is 4.04. The smallest absolute Gasteiger partial charge is 0.311 e. The van der Waals surface area contributed by atoms with Gasteiger partial charge in [0.15, 0.2) is 0 Å². The van der Waals surface area contributed by atoms with Gasteiger partial charge in [0.2, 0.25) is 0 Å². The number of halogens is 1. The molecule has 0 saturated heterocycles. The molecule has 1 aliphatic rings. The molecule has 0 aromatic heterocycles. The Hall–Kier alpha value is -1.91. The maximum absolute atomic E-state index is 13.8. The van der Waals surface area contributed by atoms with E-state index in [1.54, 1.807) is 19.1 Å². The summed E-state index contributed by atoms with van der Waals surface area (Å²) in [5, 5.41) is 11.9. The Balaban J connectivity index is 2.08. The van der Waals surface area contributed by atoms with Gasteiger partial charge in [-0.15, -0.1) is 0 Å². The predicted octanol–water partition coefficient (Wildman–Crippen LogP) is 2.51. The van der Waals surface area contributed by atoms with E-state index in [0.29, 0.717) is 18.4 Å². The molecule has 2 N–H and O–H groups in total. The molecule has 0 unspecified atom stereocenters. The summed E-state index contributed by atoms with van der Waals surface area (Å²) in [7, 11) is 0. The lowest BCUT2D eigenvalue weighted by molar-refractivity contribution is -0.148. The van der Waals surface area contributed by atoms with Crippen molar-refractivity contribution in [2.45, 2.75) is 32.6 Å². The molecular weight excluding hydrogens is 261 g/mol. The molecule has 1 amide bonds. The first-order valence-corrected chi connectivity index (χ1v) is 6.73. The Kier molecular flexibility index (Phi) is 4.06. The summed E-state index contributed by atoms with van der Waals surface area (Å²) in [5.74, 6) is -2.00. The minimum Gasteiger partial charge on any atom is -0.481 e. The van der Waals surface area contributed by atoms with Gasteiger partial charge in [0.1, 0.15) is 5.82 Å². The molecule has 4 nitrogen and oxygen atoms in total. The van der Waals surface area contributed by atoms with E-state index in [0.717, 1.165) is 12.8 Å². The van der Waals surface area contributed by atoms with E-state index >= 15 is 0 Å². The number of rotatable bonds is 4. The van der Waals surface area contributed by atoms with Crippen LogP contribution in [0.2, 0.25) is 0 Å². The van der Waals surface area contributed by atoms with E-state index in [1.165, 1.54) is 6.07 Å². The number of hydrogen-bond acceptors (Lipinski definition) is 2. The maximum atomic E-state index is 13.8. The van der Waals surface area contributed by atoms with Crippen molar-refractivity contribution in [1.82, 2.24) is 5.32 Å². The van der Waals surface area contributed by atoms with Crippen LogP contribution in [-0.4, -0.2) is 23.5 Å². The van der Waals surface area contributed by atoms with Crippen molar-refractivity contribution in [3.63, 3.8) is 0 Å². The fourth-order valence-electron chi connectivity index (χ4n) is 2.69. The quantitative estimate of drug-likeness (QED) is 0.890. The molecule has 2 rings (SSSR count). The molecule has 0 radical (unpaired) electrons. The number of carboxylic acid groups (broad SMARTS) is 1. The summed E-state index contributed by atoms with van der Waals surface area (Å²) in [6.07, 6.45) is 2.81. The average Bonchev–Trinajstić information content (AvgIpc) is 2.89. The fourth-order valence-corrected chi connectivity index (χ4v) is 2.69. The lowest BCUT2D eigenvalue weighted by Crippen LogP contribution is -2.41. The van der Waals surface area contributed by atoms with Crippen LogP contribution in [0.15, 0.2) is 18.2 Å². The molecule has 0 bridgehead atoms. The van der Waals surface area contributed by atoms with E-state index in [2.05, 4.69) is 5.32 Å². The highest BCUT2D eigenvalue weighted by Gasteiger charge is 2.41. The van der Waals surface area contributed by atoms with Crippen LogP contribution in [0.5, 0.6) is 0 Å². The molecule has 0 atom stereocenters. The Morgan fingerprint density at radius 3 is 2.60 bits per heavy atom. The fraction of sp³-hybridized carbons (Fsp3) is 0.467. The van der Waals surface area contributed by atoms with Gasteiger partial charge in [-0.05, 0) is 31.4 Å². The molecule has 1 fully saturated rings. The Labute approximate surface area is 117 Å². The first kappa shape index (κ1) is 14.5. The number of aliphatic carboxylic acids is 1. The summed E-state index contributed by atoms with van der Waals surface area (Å²) in [6, 6.07) is 4.59. The molecule has 108 valence electrons. The largest absolute Gasteiger partial charge is 0.481 e. The number of benzene rings is 1. The number of carboxylic acids is 1. The van der Waals surface area contributed by atoms with Gasteiger partial charge in [0, 0.05) is 6.54 Å². The SMILES string of the molecule is Cc1cccc(C(=O)NCC2(C(=O)O)CCCC2)c1F. The molecule has 0 heterocycles. The van der Waals surface area contributed by atoms with Crippen LogP contribution in [0.25, 0.3) is 0 Å². The van der Waals surface area contributed by atoms with E-state index in [4.69, 9.17) is 0 Å². The van der Waals surface area contributed by atoms with Crippen molar-refractivity contribution in [3.8, 4) is 0 Å². The van der Waals surface area contributed by atoms with Crippen molar-refractivity contribution in [2.24, 2.45) is 5.41 Å². The molecule has 1 aromatic rings. The van der Waals surface area contributed by atoms with E-state index in [9.17, 15) is 19.1 Å². The van der Waals surface area contributed by atoms with Gasteiger partial charge in [-0.3, -0.25) is 9.59 Å². The van der Waals surface area contributed by atoms with Crippen molar-refractivity contribution in [2.75, 3.05) is 6.54 Å². The van der Waals surface area contributed by atoms with Gasteiger partial charge in [0.25, 0.3) is 5.91 Å². The zero-order chi connectivity index (χ0) is 14.8. The third-order valence-electron chi connectivity index (χ3n) is 4.04. The first-order valence-electron chi connectivity index (χ1n) is 6.73. The van der Waals surface area contributed by atoms with Crippen LogP contribution in [0.1, 0.15) is 41.6 Å². The second kappa shape index (κ2) is 5.61. The van der Waals surface area contributed by atoms with Crippen molar-refractivity contribution >= 4 is 11.9 Å². The normalized spacial score (nSPS) is 16.9. The zero-order valence-corrected chi connectivity index (χ0v) is 11.4. The summed E-state index contributed by atoms with van der Waals surface area (Å²) in [6.45, 7) is 1.64. The standard InChI is InChI=1S/C15H18FNO3/c1-10-5-4-6-11(12(10)16)13(18)17-9-15(14(19)20)7-2-3-8-15/h4-6H,2-3,7-9H2,1H3,(H,17,18)(H,19,20). The molecule has 20 heavy (non-hydrogen) atoms. The van der Waals surface area contributed by atoms with E-state index < -0.39 is 23.1 Å². The number of hydrogen-bond donors (Lipinski definition) is 2. The van der Waals surface area contributed by atoms with Crippen LogP contribution in [0, 0.1) is 18.2 Å². The van der Waals surface area contributed by atoms with Crippen LogP contribution >= 0.6 is 0 Å². The monoisotopic (exact) mass is 279 g/mol. The molecule has 0 aliphatic heterocycles. The molecule has 0 spiro atoms. The van der Waals surface area contributed by atoms with Gasteiger partial charge in [-0.25, -0.2) is 4.39 Å². The van der Waals surface area contributed by atoms with Gasteiger partial charge >= 0.3 is 5.97 Å². The Bertz CT molecular complexity index is 536. The maximum Gasteiger partial charge on any atom is 0.311 e. The molecule has 1 saturated carbocycles. The predicted molar refractivity (Wildman–Crippen MR) is 72.0 cm³/mol. The summed E-state index contributed by atoms with van der Waals surface area (Å²) in [5.41, 5.74) is -0.536. The number of carbonyl (C=O) groups excluding carboxylic acids is 1. The second-order valence-corrected chi connectivity index (χ2v) is 5.41. The first-order chi connectivity index (χ1) is 9.46. The number of aryl methyl sites for hydroxylation is 1. The van der Waals surface area contributed by atoms with Gasteiger partial charge < -0.3 is 10.4 Å². The van der Waals surface area contributed by atoms with Crippen LogP contribution in [0.3, 0.4) is 0 Å². The topological polar surface area (TPSA) is 66.4 Å². The molecule has 5 heteroatoms. The minimum atomic E-state index is -0.893. The van der Waals surface area contributed by atoms with Gasteiger partial charge in [-0.1, -0.05) is 25.0 Å². The summed E-state index contributed by atoms with van der Waals surface area (Å²) in [4.78, 5) is 23.4. The van der Waals surface area contributed by atoms with E-state index in [1.807, 2.05) is 0 Å². The van der Waals surface area contributed by atoms with Crippen molar-refractivity contribution in [3.05, 3.63) is 35.1 Å². The summed E-state index contributed by atoms with van der Waals surface area (Å²) < 4.78 is 13.8. The van der Waals surface area contributed by atoms with Gasteiger partial charge in [-0.2, -0.15) is 0 Å². The number of carbonyl (C=O) groups is 2. The van der Waals surface area contributed by atoms with Crippen LogP contribution < -0.4 is 5.32 Å².